The summed E-state index contributed by atoms with van der Waals surface area (Å²) in [6.45, 7) is 0.712. The molecule has 1 aromatic rings. The molecule has 2 fully saturated rings. The van der Waals surface area contributed by atoms with Crippen LogP contribution in [-0.4, -0.2) is 25.5 Å². The third kappa shape index (κ3) is 2.88. The minimum absolute atomic E-state index is 0.155. The van der Waals surface area contributed by atoms with Crippen LogP contribution in [0.25, 0.3) is 0 Å². The molecule has 0 atom stereocenters. The van der Waals surface area contributed by atoms with Crippen LogP contribution in [0.3, 0.4) is 0 Å². The summed E-state index contributed by atoms with van der Waals surface area (Å²) in [4.78, 5) is 3.35. The lowest BCUT2D eigenvalue weighted by molar-refractivity contribution is 0.581. The molecular formula is C11H17N3O2S. The first-order valence-corrected chi connectivity index (χ1v) is 7.55. The zero-order valence-electron chi connectivity index (χ0n) is 9.57. The second-order valence-corrected chi connectivity index (χ2v) is 6.63. The fourth-order valence-electron chi connectivity index (χ4n) is 1.71. The van der Waals surface area contributed by atoms with Crippen molar-refractivity contribution >= 4 is 10.0 Å². The smallest absolute Gasteiger partial charge is 0.242 e. The molecule has 0 aromatic carbocycles. The van der Waals surface area contributed by atoms with Crippen LogP contribution in [0.1, 0.15) is 31.4 Å². The van der Waals surface area contributed by atoms with Crippen molar-refractivity contribution in [3.05, 3.63) is 18.0 Å². The molecule has 2 aliphatic carbocycles. The van der Waals surface area contributed by atoms with Gasteiger partial charge in [0.05, 0.1) is 4.90 Å². The van der Waals surface area contributed by atoms with Crippen LogP contribution in [0.15, 0.2) is 17.2 Å². The lowest BCUT2D eigenvalue weighted by atomic mass is 10.4. The van der Waals surface area contributed by atoms with Crippen LogP contribution in [0.4, 0.5) is 0 Å². The molecule has 17 heavy (non-hydrogen) atoms. The lowest BCUT2D eigenvalue weighted by Crippen LogP contribution is -2.25. The minimum atomic E-state index is -3.31. The molecule has 0 saturated heterocycles. The van der Waals surface area contributed by atoms with E-state index < -0.39 is 10.0 Å². The highest BCUT2D eigenvalue weighted by molar-refractivity contribution is 7.89. The zero-order valence-corrected chi connectivity index (χ0v) is 10.4. The van der Waals surface area contributed by atoms with Gasteiger partial charge in [0.1, 0.15) is 0 Å². The predicted molar refractivity (Wildman–Crippen MR) is 64.0 cm³/mol. The average Bonchev–Trinajstić information content (AvgIpc) is 3.18. The van der Waals surface area contributed by atoms with Crippen LogP contribution < -0.4 is 10.0 Å². The molecule has 1 heterocycles. The molecule has 0 amide bonds. The monoisotopic (exact) mass is 255 g/mol. The largest absolute Gasteiger partial charge is 0.363 e. The number of hydrogen-bond donors (Lipinski definition) is 3. The van der Waals surface area contributed by atoms with E-state index in [4.69, 9.17) is 0 Å². The van der Waals surface area contributed by atoms with Crippen LogP contribution >= 0.6 is 0 Å². The number of hydrogen-bond acceptors (Lipinski definition) is 3. The highest BCUT2D eigenvalue weighted by atomic mass is 32.2. The summed E-state index contributed by atoms with van der Waals surface area (Å²) in [6.07, 6.45) is 5.94. The maximum atomic E-state index is 11.9. The molecule has 6 heteroatoms. The first kappa shape index (κ1) is 11.3. The molecule has 2 saturated carbocycles. The van der Waals surface area contributed by atoms with E-state index in [1.54, 1.807) is 12.3 Å². The van der Waals surface area contributed by atoms with E-state index in [9.17, 15) is 8.42 Å². The molecule has 1 aromatic heterocycles. The van der Waals surface area contributed by atoms with Crippen molar-refractivity contribution < 1.29 is 8.42 Å². The summed E-state index contributed by atoms with van der Waals surface area (Å²) >= 11 is 0. The summed E-state index contributed by atoms with van der Waals surface area (Å²) in [5.74, 6) is 0. The molecule has 0 bridgehead atoms. The SMILES string of the molecule is O=S(=O)(NC1CC1)c1c[nH]c(CNC2CC2)c1. The Kier molecular flexibility index (Phi) is 2.72. The molecule has 94 valence electrons. The number of sulfonamides is 1. The van der Waals surface area contributed by atoms with Gasteiger partial charge in [-0.3, -0.25) is 0 Å². The lowest BCUT2D eigenvalue weighted by Gasteiger charge is -2.01. The van der Waals surface area contributed by atoms with Crippen molar-refractivity contribution in [2.75, 3.05) is 0 Å². The third-order valence-electron chi connectivity index (χ3n) is 3.08. The molecule has 5 nitrogen and oxygen atoms in total. The fourth-order valence-corrected chi connectivity index (χ4v) is 3.03. The number of aromatic nitrogens is 1. The van der Waals surface area contributed by atoms with Gasteiger partial charge in [0, 0.05) is 30.5 Å². The van der Waals surface area contributed by atoms with E-state index in [-0.39, 0.29) is 6.04 Å². The number of rotatable bonds is 6. The molecule has 3 N–H and O–H groups in total. The Morgan fingerprint density at radius 1 is 1.24 bits per heavy atom. The van der Waals surface area contributed by atoms with E-state index in [1.165, 1.54) is 12.8 Å². The Bertz CT molecular complexity index is 501. The molecule has 0 unspecified atom stereocenters. The summed E-state index contributed by atoms with van der Waals surface area (Å²) in [5.41, 5.74) is 0.924. The van der Waals surface area contributed by atoms with Gasteiger partial charge in [-0.2, -0.15) is 0 Å². The second-order valence-electron chi connectivity index (χ2n) is 4.91. The Hall–Kier alpha value is -0.850. The van der Waals surface area contributed by atoms with Crippen LogP contribution in [0, 0.1) is 0 Å². The van der Waals surface area contributed by atoms with E-state index in [0.29, 0.717) is 17.5 Å². The molecule has 2 aliphatic rings. The second kappa shape index (κ2) is 4.12. The maximum absolute atomic E-state index is 11.9. The molecular weight excluding hydrogens is 238 g/mol. The van der Waals surface area contributed by atoms with Gasteiger partial charge in [-0.25, -0.2) is 13.1 Å². The van der Waals surface area contributed by atoms with E-state index >= 15 is 0 Å². The number of nitrogens with one attached hydrogen (secondary N) is 3. The van der Waals surface area contributed by atoms with Crippen molar-refractivity contribution in [1.82, 2.24) is 15.0 Å². The van der Waals surface area contributed by atoms with E-state index in [0.717, 1.165) is 18.5 Å². The average molecular weight is 255 g/mol. The fraction of sp³-hybridized carbons (Fsp3) is 0.636. The topological polar surface area (TPSA) is 74.0 Å². The van der Waals surface area contributed by atoms with Gasteiger partial charge in [-0.15, -0.1) is 0 Å². The van der Waals surface area contributed by atoms with Crippen molar-refractivity contribution in [1.29, 1.82) is 0 Å². The van der Waals surface area contributed by atoms with Crippen LogP contribution in [0.2, 0.25) is 0 Å². The van der Waals surface area contributed by atoms with Crippen molar-refractivity contribution in [3.63, 3.8) is 0 Å². The standard InChI is InChI=1S/C11H17N3O2S/c15-17(16,14-9-3-4-9)11-5-10(13-7-11)6-12-8-1-2-8/h5,7-9,12-14H,1-4,6H2. The Balaban J connectivity index is 1.65. The maximum Gasteiger partial charge on any atom is 0.242 e. The van der Waals surface area contributed by atoms with Gasteiger partial charge < -0.3 is 10.3 Å². The molecule has 0 radical (unpaired) electrons. The van der Waals surface area contributed by atoms with Gasteiger partial charge >= 0.3 is 0 Å². The quantitative estimate of drug-likeness (QED) is 0.701. The zero-order chi connectivity index (χ0) is 11.9. The molecule has 0 spiro atoms. The minimum Gasteiger partial charge on any atom is -0.363 e. The highest BCUT2D eigenvalue weighted by Gasteiger charge is 2.28. The summed E-state index contributed by atoms with van der Waals surface area (Å²) in [6, 6.07) is 2.49. The van der Waals surface area contributed by atoms with E-state index in [1.807, 2.05) is 0 Å². The Morgan fingerprint density at radius 3 is 2.59 bits per heavy atom. The first-order valence-electron chi connectivity index (χ1n) is 6.06. The van der Waals surface area contributed by atoms with Gasteiger partial charge in [0.25, 0.3) is 0 Å². The molecule has 0 aliphatic heterocycles. The van der Waals surface area contributed by atoms with Crippen molar-refractivity contribution in [2.45, 2.75) is 49.2 Å². The first-order chi connectivity index (χ1) is 8.13. The highest BCUT2D eigenvalue weighted by Crippen LogP contribution is 2.23. The molecule has 3 rings (SSSR count). The van der Waals surface area contributed by atoms with Crippen molar-refractivity contribution in [3.8, 4) is 0 Å². The van der Waals surface area contributed by atoms with E-state index in [2.05, 4.69) is 15.0 Å². The predicted octanol–water partition coefficient (Wildman–Crippen LogP) is 0.707. The summed E-state index contributed by atoms with van der Waals surface area (Å²) in [7, 11) is -3.31. The van der Waals surface area contributed by atoms with Gasteiger partial charge in [-0.05, 0) is 31.7 Å². The number of H-pyrrole nitrogens is 1. The summed E-state index contributed by atoms with van der Waals surface area (Å²) < 4.78 is 26.5. The Morgan fingerprint density at radius 2 is 1.94 bits per heavy atom. The van der Waals surface area contributed by atoms with Crippen LogP contribution in [-0.2, 0) is 16.6 Å². The summed E-state index contributed by atoms with van der Waals surface area (Å²) in [5, 5.41) is 3.34. The van der Waals surface area contributed by atoms with Crippen molar-refractivity contribution in [2.24, 2.45) is 0 Å². The third-order valence-corrected chi connectivity index (χ3v) is 4.58. The number of aromatic amines is 1. The normalized spacial score (nSPS) is 20.7. The van der Waals surface area contributed by atoms with Gasteiger partial charge in [-0.1, -0.05) is 0 Å². The van der Waals surface area contributed by atoms with Gasteiger partial charge in [0.15, 0.2) is 0 Å². The Labute approximate surface area is 101 Å². The van der Waals surface area contributed by atoms with Crippen LogP contribution in [0.5, 0.6) is 0 Å². The van der Waals surface area contributed by atoms with Gasteiger partial charge in [0.2, 0.25) is 10.0 Å².